The highest BCUT2D eigenvalue weighted by Gasteiger charge is 2.10. The van der Waals surface area contributed by atoms with E-state index in [9.17, 15) is 9.90 Å². The number of carbonyl (C=O) groups is 1. The smallest absolute Gasteiger partial charge is 0.166 e. The van der Waals surface area contributed by atoms with E-state index in [2.05, 4.69) is 0 Å². The molecule has 0 spiro atoms. The van der Waals surface area contributed by atoms with Crippen LogP contribution in [0.4, 0.5) is 0 Å². The van der Waals surface area contributed by atoms with E-state index < -0.39 is 0 Å². The Hall–Kier alpha value is -0.580. The van der Waals surface area contributed by atoms with Crippen LogP contribution in [0.5, 0.6) is 5.75 Å². The third-order valence-electron chi connectivity index (χ3n) is 1.61. The molecule has 0 saturated heterocycles. The third-order valence-corrected chi connectivity index (χ3v) is 2.48. The number of Topliss-reactive ketones (excluding diaryl/α,β-unsaturated/α-hetero) is 1. The van der Waals surface area contributed by atoms with Crippen LogP contribution in [0.1, 0.15) is 23.7 Å². The lowest BCUT2D eigenvalue weighted by Crippen LogP contribution is -1.97. The molecule has 0 bridgehead atoms. The molecule has 0 radical (unpaired) electrons. The predicted octanol–water partition coefficient (Wildman–Crippen LogP) is 2.59. The van der Waals surface area contributed by atoms with Gasteiger partial charge in [0.05, 0.1) is 9.13 Å². The summed E-state index contributed by atoms with van der Waals surface area (Å²) in [6, 6.07) is 5.18. The Bertz CT molecular complexity index is 307. The quantitative estimate of drug-likeness (QED) is 0.666. The van der Waals surface area contributed by atoms with E-state index in [4.69, 9.17) is 0 Å². The van der Waals surface area contributed by atoms with Crippen molar-refractivity contribution in [2.75, 3.05) is 0 Å². The molecule has 64 valence electrons. The molecule has 0 aliphatic rings. The van der Waals surface area contributed by atoms with Crippen molar-refractivity contribution in [1.29, 1.82) is 0 Å². The molecule has 12 heavy (non-hydrogen) atoms. The predicted molar refractivity (Wildman–Crippen MR) is 55.4 cm³/mol. The molecule has 3 heteroatoms. The topological polar surface area (TPSA) is 37.3 Å². The maximum Gasteiger partial charge on any atom is 0.166 e. The number of phenols is 1. The van der Waals surface area contributed by atoms with Crippen LogP contribution in [0, 0.1) is 3.57 Å². The van der Waals surface area contributed by atoms with Crippen molar-refractivity contribution in [2.45, 2.75) is 13.3 Å². The summed E-state index contributed by atoms with van der Waals surface area (Å²) in [5, 5.41) is 9.47. The largest absolute Gasteiger partial charge is 0.506 e. The summed E-state index contributed by atoms with van der Waals surface area (Å²) < 4.78 is 0.715. The first kappa shape index (κ1) is 9.51. The molecule has 0 aromatic heterocycles. The van der Waals surface area contributed by atoms with Crippen LogP contribution < -0.4 is 0 Å². The molecule has 1 aromatic carbocycles. The van der Waals surface area contributed by atoms with Gasteiger partial charge in [-0.25, -0.2) is 0 Å². The fourth-order valence-electron chi connectivity index (χ4n) is 0.931. The number of phenolic OH excluding ortho intramolecular Hbond substituents is 1. The third kappa shape index (κ3) is 1.77. The zero-order chi connectivity index (χ0) is 9.14. The lowest BCUT2D eigenvalue weighted by molar-refractivity contribution is 0.0985. The summed E-state index contributed by atoms with van der Waals surface area (Å²) in [6.07, 6.45) is 0.424. The standard InChI is InChI=1S/C9H9IO2/c1-2-8(11)6-4-3-5-7(10)9(6)12/h3-5,12H,2H2,1H3. The van der Waals surface area contributed by atoms with Gasteiger partial charge in [0, 0.05) is 6.42 Å². The van der Waals surface area contributed by atoms with Crippen LogP contribution in [-0.2, 0) is 0 Å². The second kappa shape index (κ2) is 3.89. The first-order valence-electron chi connectivity index (χ1n) is 3.67. The van der Waals surface area contributed by atoms with E-state index >= 15 is 0 Å². The van der Waals surface area contributed by atoms with Gasteiger partial charge in [0.2, 0.25) is 0 Å². The van der Waals surface area contributed by atoms with Crippen molar-refractivity contribution >= 4 is 28.4 Å². The van der Waals surface area contributed by atoms with Gasteiger partial charge in [0.1, 0.15) is 5.75 Å². The number of carbonyl (C=O) groups excluding carboxylic acids is 1. The minimum Gasteiger partial charge on any atom is -0.506 e. The minimum atomic E-state index is -0.0222. The zero-order valence-electron chi connectivity index (χ0n) is 6.67. The van der Waals surface area contributed by atoms with Crippen LogP contribution in [0.15, 0.2) is 18.2 Å². The highest BCUT2D eigenvalue weighted by atomic mass is 127. The summed E-state index contributed by atoms with van der Waals surface area (Å²) in [7, 11) is 0. The van der Waals surface area contributed by atoms with Crippen molar-refractivity contribution in [3.63, 3.8) is 0 Å². The van der Waals surface area contributed by atoms with Crippen molar-refractivity contribution in [2.24, 2.45) is 0 Å². The number of aromatic hydroxyl groups is 1. The Morgan fingerprint density at radius 3 is 2.83 bits per heavy atom. The van der Waals surface area contributed by atoms with E-state index in [0.717, 1.165) is 0 Å². The summed E-state index contributed by atoms with van der Waals surface area (Å²) in [5.41, 5.74) is 0.421. The Morgan fingerprint density at radius 1 is 1.58 bits per heavy atom. The number of halogens is 1. The maximum absolute atomic E-state index is 11.2. The Balaban J connectivity index is 3.16. The van der Waals surface area contributed by atoms with Crippen LogP contribution in [0.25, 0.3) is 0 Å². The van der Waals surface area contributed by atoms with Crippen molar-refractivity contribution in [3.05, 3.63) is 27.3 Å². The zero-order valence-corrected chi connectivity index (χ0v) is 8.83. The van der Waals surface area contributed by atoms with Crippen LogP contribution in [-0.4, -0.2) is 10.9 Å². The van der Waals surface area contributed by atoms with Gasteiger partial charge >= 0.3 is 0 Å². The molecule has 0 fully saturated rings. The molecule has 2 nitrogen and oxygen atoms in total. The van der Waals surface area contributed by atoms with E-state index in [1.54, 1.807) is 25.1 Å². The number of para-hydroxylation sites is 1. The van der Waals surface area contributed by atoms with Gasteiger partial charge < -0.3 is 5.11 Å². The molecule has 0 aliphatic carbocycles. The molecule has 1 rings (SSSR count). The van der Waals surface area contributed by atoms with Crippen LogP contribution >= 0.6 is 22.6 Å². The molecular weight excluding hydrogens is 267 g/mol. The maximum atomic E-state index is 11.2. The number of hydrogen-bond donors (Lipinski definition) is 1. The first-order chi connectivity index (χ1) is 5.66. The number of rotatable bonds is 2. The summed E-state index contributed by atoms with van der Waals surface area (Å²) >= 11 is 2.00. The van der Waals surface area contributed by atoms with Gasteiger partial charge in [-0.05, 0) is 34.7 Å². The molecule has 1 N–H and O–H groups in total. The lowest BCUT2D eigenvalue weighted by atomic mass is 10.1. The Kier molecular flexibility index (Phi) is 3.08. The van der Waals surface area contributed by atoms with Crippen molar-refractivity contribution in [3.8, 4) is 5.75 Å². The highest BCUT2D eigenvalue weighted by Crippen LogP contribution is 2.24. The first-order valence-corrected chi connectivity index (χ1v) is 4.75. The molecule has 0 aliphatic heterocycles. The molecule has 0 saturated carbocycles. The van der Waals surface area contributed by atoms with Gasteiger partial charge in [-0.15, -0.1) is 0 Å². The molecule has 0 unspecified atom stereocenters. The Labute approximate surface area is 84.7 Å². The van der Waals surface area contributed by atoms with Crippen molar-refractivity contribution in [1.82, 2.24) is 0 Å². The number of hydrogen-bond acceptors (Lipinski definition) is 2. The fraction of sp³-hybridized carbons (Fsp3) is 0.222. The highest BCUT2D eigenvalue weighted by molar-refractivity contribution is 14.1. The van der Waals surface area contributed by atoms with Crippen LogP contribution in [0.3, 0.4) is 0 Å². The summed E-state index contributed by atoms with van der Waals surface area (Å²) in [4.78, 5) is 11.2. The molecular formula is C9H9IO2. The van der Waals surface area contributed by atoms with E-state index in [1.165, 1.54) is 0 Å². The number of ketones is 1. The molecule has 0 heterocycles. The fourth-order valence-corrected chi connectivity index (χ4v) is 1.43. The average Bonchev–Trinajstić information content (AvgIpc) is 2.08. The van der Waals surface area contributed by atoms with E-state index in [1.807, 2.05) is 22.6 Å². The van der Waals surface area contributed by atoms with Gasteiger partial charge in [-0.1, -0.05) is 13.0 Å². The average molecular weight is 276 g/mol. The summed E-state index contributed by atoms with van der Waals surface area (Å²) in [5.74, 6) is 0.0796. The van der Waals surface area contributed by atoms with E-state index in [-0.39, 0.29) is 11.5 Å². The second-order valence-corrected chi connectivity index (χ2v) is 3.57. The van der Waals surface area contributed by atoms with Gasteiger partial charge in [-0.3, -0.25) is 4.79 Å². The number of benzene rings is 1. The van der Waals surface area contributed by atoms with Crippen LogP contribution in [0.2, 0.25) is 0 Å². The lowest BCUT2D eigenvalue weighted by Gasteiger charge is -2.02. The monoisotopic (exact) mass is 276 g/mol. The summed E-state index contributed by atoms with van der Waals surface area (Å²) in [6.45, 7) is 1.78. The van der Waals surface area contributed by atoms with Gasteiger partial charge in [0.15, 0.2) is 5.78 Å². The molecule has 1 aromatic rings. The van der Waals surface area contributed by atoms with Crippen molar-refractivity contribution < 1.29 is 9.90 Å². The van der Waals surface area contributed by atoms with E-state index in [0.29, 0.717) is 15.6 Å². The second-order valence-electron chi connectivity index (χ2n) is 2.41. The normalized spacial score (nSPS) is 9.83. The molecule has 0 amide bonds. The SMILES string of the molecule is CCC(=O)c1cccc(I)c1O. The minimum absolute atomic E-state index is 0.0222. The Morgan fingerprint density at radius 2 is 2.25 bits per heavy atom. The molecule has 0 atom stereocenters. The van der Waals surface area contributed by atoms with Gasteiger partial charge in [-0.2, -0.15) is 0 Å². The van der Waals surface area contributed by atoms with Gasteiger partial charge in [0.25, 0.3) is 0 Å².